The van der Waals surface area contributed by atoms with Crippen molar-refractivity contribution in [2.75, 3.05) is 17.2 Å². The molecule has 1 aromatic carbocycles. The van der Waals surface area contributed by atoms with Crippen molar-refractivity contribution in [3.8, 4) is 0 Å². The molecule has 3 N–H and O–H groups in total. The second-order valence-electron chi connectivity index (χ2n) is 5.98. The Morgan fingerprint density at radius 2 is 2.04 bits per heavy atom. The van der Waals surface area contributed by atoms with Crippen LogP contribution in [-0.2, 0) is 7.05 Å². The number of carbonyl (C=O) groups is 1. The zero-order valence-corrected chi connectivity index (χ0v) is 14.5. The van der Waals surface area contributed by atoms with E-state index in [0.29, 0.717) is 12.5 Å². The number of nitrogens with one attached hydrogen (secondary N) is 2. The summed E-state index contributed by atoms with van der Waals surface area (Å²) in [7, 11) is 1.80. The van der Waals surface area contributed by atoms with Crippen molar-refractivity contribution < 1.29 is 9.90 Å². The molecule has 134 valence electrons. The molecule has 0 unspecified atom stereocenters. The van der Waals surface area contributed by atoms with Crippen LogP contribution in [0.4, 0.5) is 17.5 Å². The Hall–Kier alpha value is -3.42. The van der Waals surface area contributed by atoms with Gasteiger partial charge in [0.15, 0.2) is 0 Å². The first-order chi connectivity index (χ1) is 12.5. The number of anilines is 3. The van der Waals surface area contributed by atoms with Crippen molar-refractivity contribution >= 4 is 23.4 Å². The van der Waals surface area contributed by atoms with Gasteiger partial charge >= 0.3 is 5.97 Å². The summed E-state index contributed by atoms with van der Waals surface area (Å²) in [5.74, 6) is -0.296. The molecule has 0 radical (unpaired) electrons. The first kappa shape index (κ1) is 17.4. The van der Waals surface area contributed by atoms with Gasteiger partial charge in [0.05, 0.1) is 11.9 Å². The fraction of sp³-hybridized carbons (Fsp3) is 0.222. The van der Waals surface area contributed by atoms with E-state index in [1.165, 1.54) is 11.8 Å². The number of nitrogens with zero attached hydrogens (tertiary/aromatic N) is 4. The SMILES string of the molecule is C[C@H](CNc1nc(Nc2cnn(C)c2)ncc1C(=O)O)c1ccccc1. The molecule has 0 saturated heterocycles. The molecule has 0 amide bonds. The van der Waals surface area contributed by atoms with Gasteiger partial charge in [-0.15, -0.1) is 0 Å². The molecule has 0 spiro atoms. The van der Waals surface area contributed by atoms with Crippen LogP contribution in [0.2, 0.25) is 0 Å². The second kappa shape index (κ2) is 7.64. The number of hydrogen-bond acceptors (Lipinski definition) is 6. The zero-order chi connectivity index (χ0) is 18.5. The summed E-state index contributed by atoms with van der Waals surface area (Å²) in [6.45, 7) is 2.62. The van der Waals surface area contributed by atoms with E-state index in [-0.39, 0.29) is 17.3 Å². The highest BCUT2D eigenvalue weighted by atomic mass is 16.4. The maximum Gasteiger partial charge on any atom is 0.341 e. The summed E-state index contributed by atoms with van der Waals surface area (Å²) in [6.07, 6.45) is 4.71. The van der Waals surface area contributed by atoms with Gasteiger partial charge in [0.25, 0.3) is 0 Å². The maximum absolute atomic E-state index is 11.5. The molecular weight excluding hydrogens is 332 g/mol. The molecule has 0 aliphatic carbocycles. The van der Waals surface area contributed by atoms with Crippen LogP contribution >= 0.6 is 0 Å². The van der Waals surface area contributed by atoms with Crippen LogP contribution in [0.3, 0.4) is 0 Å². The van der Waals surface area contributed by atoms with Crippen LogP contribution in [-0.4, -0.2) is 37.4 Å². The lowest BCUT2D eigenvalue weighted by Crippen LogP contribution is -2.15. The maximum atomic E-state index is 11.5. The molecule has 2 heterocycles. The lowest BCUT2D eigenvalue weighted by Gasteiger charge is -2.15. The minimum atomic E-state index is -1.08. The fourth-order valence-electron chi connectivity index (χ4n) is 2.50. The lowest BCUT2D eigenvalue weighted by molar-refractivity contribution is 0.0697. The van der Waals surface area contributed by atoms with Gasteiger partial charge in [-0.05, 0) is 11.5 Å². The van der Waals surface area contributed by atoms with E-state index in [2.05, 4.69) is 32.6 Å². The molecule has 0 fully saturated rings. The predicted octanol–water partition coefficient (Wildman–Crippen LogP) is 2.87. The number of rotatable bonds is 7. The number of benzene rings is 1. The molecule has 3 rings (SSSR count). The summed E-state index contributed by atoms with van der Waals surface area (Å²) in [5, 5.41) is 19.6. The van der Waals surface area contributed by atoms with Crippen molar-refractivity contribution in [2.45, 2.75) is 12.8 Å². The molecule has 0 aliphatic heterocycles. The van der Waals surface area contributed by atoms with Gasteiger partial charge in [0, 0.05) is 26.0 Å². The standard InChI is InChI=1S/C18H20N6O2/c1-12(13-6-4-3-5-7-13)8-19-16-15(17(25)26)10-20-18(23-16)22-14-9-21-24(2)11-14/h3-7,9-12H,8H2,1-2H3,(H,25,26)(H2,19,20,22,23)/t12-/m1/s1. The highest BCUT2D eigenvalue weighted by molar-refractivity contribution is 5.93. The molecule has 0 saturated carbocycles. The number of carboxylic acid groups (broad SMARTS) is 1. The van der Waals surface area contributed by atoms with Gasteiger partial charge < -0.3 is 15.7 Å². The summed E-state index contributed by atoms with van der Waals surface area (Å²) in [4.78, 5) is 19.8. The Balaban J connectivity index is 1.77. The average Bonchev–Trinajstić information content (AvgIpc) is 3.05. The Labute approximate surface area is 150 Å². The van der Waals surface area contributed by atoms with E-state index < -0.39 is 5.97 Å². The highest BCUT2D eigenvalue weighted by Crippen LogP contribution is 2.20. The van der Waals surface area contributed by atoms with E-state index in [0.717, 1.165) is 5.69 Å². The smallest absolute Gasteiger partial charge is 0.341 e. The molecule has 0 bridgehead atoms. The molecule has 2 aromatic heterocycles. The third-order valence-corrected chi connectivity index (χ3v) is 3.92. The minimum Gasteiger partial charge on any atom is -0.477 e. The molecule has 8 heteroatoms. The van der Waals surface area contributed by atoms with Crippen molar-refractivity contribution in [1.29, 1.82) is 0 Å². The molecule has 1 atom stereocenters. The average molecular weight is 352 g/mol. The van der Waals surface area contributed by atoms with Crippen molar-refractivity contribution in [3.05, 3.63) is 60.0 Å². The third kappa shape index (κ3) is 4.15. The van der Waals surface area contributed by atoms with Crippen LogP contribution < -0.4 is 10.6 Å². The van der Waals surface area contributed by atoms with Gasteiger partial charge in [0.2, 0.25) is 5.95 Å². The van der Waals surface area contributed by atoms with E-state index >= 15 is 0 Å². The van der Waals surface area contributed by atoms with Crippen LogP contribution in [0.15, 0.2) is 48.9 Å². The molecule has 0 aliphatic rings. The topological polar surface area (TPSA) is 105 Å². The number of aromatic nitrogens is 4. The summed E-state index contributed by atoms with van der Waals surface area (Å²) < 4.78 is 1.65. The summed E-state index contributed by atoms with van der Waals surface area (Å²) in [6, 6.07) is 10.0. The first-order valence-corrected chi connectivity index (χ1v) is 8.17. The van der Waals surface area contributed by atoms with Crippen molar-refractivity contribution in [2.24, 2.45) is 7.05 Å². The first-order valence-electron chi connectivity index (χ1n) is 8.17. The van der Waals surface area contributed by atoms with E-state index in [1.54, 1.807) is 24.1 Å². The molecule has 26 heavy (non-hydrogen) atoms. The fourth-order valence-corrected chi connectivity index (χ4v) is 2.50. The Kier molecular flexibility index (Phi) is 5.12. The number of hydrogen-bond donors (Lipinski definition) is 3. The third-order valence-electron chi connectivity index (χ3n) is 3.92. The van der Waals surface area contributed by atoms with Crippen LogP contribution in [0, 0.1) is 0 Å². The second-order valence-corrected chi connectivity index (χ2v) is 5.98. The lowest BCUT2D eigenvalue weighted by atomic mass is 10.0. The predicted molar refractivity (Wildman–Crippen MR) is 98.8 cm³/mol. The Morgan fingerprint density at radius 1 is 1.27 bits per heavy atom. The highest BCUT2D eigenvalue weighted by Gasteiger charge is 2.15. The monoisotopic (exact) mass is 352 g/mol. The Morgan fingerprint density at radius 3 is 2.69 bits per heavy atom. The van der Waals surface area contributed by atoms with Crippen LogP contribution in [0.25, 0.3) is 0 Å². The zero-order valence-electron chi connectivity index (χ0n) is 14.5. The van der Waals surface area contributed by atoms with Gasteiger partial charge in [0.1, 0.15) is 11.4 Å². The van der Waals surface area contributed by atoms with E-state index in [4.69, 9.17) is 0 Å². The van der Waals surface area contributed by atoms with Gasteiger partial charge in [-0.1, -0.05) is 37.3 Å². The van der Waals surface area contributed by atoms with Crippen molar-refractivity contribution in [3.63, 3.8) is 0 Å². The van der Waals surface area contributed by atoms with Crippen LogP contribution in [0.1, 0.15) is 28.8 Å². The minimum absolute atomic E-state index is 0.0296. The molecular formula is C18H20N6O2. The molecule has 3 aromatic rings. The summed E-state index contributed by atoms with van der Waals surface area (Å²) >= 11 is 0. The van der Waals surface area contributed by atoms with E-state index in [1.807, 2.05) is 30.3 Å². The number of aryl methyl sites for hydroxylation is 1. The van der Waals surface area contributed by atoms with Gasteiger partial charge in [-0.2, -0.15) is 10.1 Å². The van der Waals surface area contributed by atoms with Crippen LogP contribution in [0.5, 0.6) is 0 Å². The number of carboxylic acids is 1. The van der Waals surface area contributed by atoms with E-state index in [9.17, 15) is 9.90 Å². The number of aromatic carboxylic acids is 1. The van der Waals surface area contributed by atoms with Crippen molar-refractivity contribution in [1.82, 2.24) is 19.7 Å². The van der Waals surface area contributed by atoms with Gasteiger partial charge in [-0.25, -0.2) is 9.78 Å². The normalized spacial score (nSPS) is 11.8. The molecule has 8 nitrogen and oxygen atoms in total. The largest absolute Gasteiger partial charge is 0.477 e. The Bertz CT molecular complexity index is 894. The summed E-state index contributed by atoms with van der Waals surface area (Å²) in [5.41, 5.74) is 1.92. The quantitative estimate of drug-likeness (QED) is 0.600. The van der Waals surface area contributed by atoms with Gasteiger partial charge in [-0.3, -0.25) is 4.68 Å².